The van der Waals surface area contributed by atoms with Gasteiger partial charge in [-0.3, -0.25) is 18.6 Å². The Morgan fingerprint density at radius 3 is 2.57 bits per heavy atom. The van der Waals surface area contributed by atoms with E-state index in [1.807, 2.05) is 48.0 Å². The first-order chi connectivity index (χ1) is 14.3. The number of imidazole rings is 2. The van der Waals surface area contributed by atoms with Crippen LogP contribution in [0.4, 0.5) is 0 Å². The van der Waals surface area contributed by atoms with Gasteiger partial charge in [-0.25, -0.2) is 9.36 Å². The summed E-state index contributed by atoms with van der Waals surface area (Å²) >= 11 is 0. The van der Waals surface area contributed by atoms with Crippen molar-refractivity contribution in [1.29, 1.82) is 0 Å². The number of fused-ring (bicyclic) bond motifs is 3. The van der Waals surface area contributed by atoms with Gasteiger partial charge >= 0.3 is 11.7 Å². The molecule has 0 aliphatic rings. The summed E-state index contributed by atoms with van der Waals surface area (Å²) in [5.41, 5.74) is 1.35. The molecule has 156 valence electrons. The lowest BCUT2D eigenvalue weighted by molar-refractivity contribution is -0.143. The highest BCUT2D eigenvalue weighted by atomic mass is 16.5. The topological polar surface area (TPSA) is 92.5 Å². The van der Waals surface area contributed by atoms with Gasteiger partial charge in [0, 0.05) is 18.9 Å². The summed E-state index contributed by atoms with van der Waals surface area (Å²) < 4.78 is 10.8. The highest BCUT2D eigenvalue weighted by molar-refractivity contribution is 5.76. The van der Waals surface area contributed by atoms with Crippen LogP contribution in [0.5, 0.6) is 0 Å². The van der Waals surface area contributed by atoms with Crippen molar-refractivity contribution in [2.45, 2.75) is 33.4 Å². The van der Waals surface area contributed by atoms with E-state index in [1.165, 1.54) is 11.6 Å². The van der Waals surface area contributed by atoms with Gasteiger partial charge in [-0.05, 0) is 26.3 Å². The van der Waals surface area contributed by atoms with Crippen molar-refractivity contribution in [2.75, 3.05) is 6.61 Å². The maximum Gasteiger partial charge on any atom is 0.333 e. The van der Waals surface area contributed by atoms with Gasteiger partial charge in [0.15, 0.2) is 11.2 Å². The fourth-order valence-corrected chi connectivity index (χ4v) is 3.86. The molecule has 0 amide bonds. The number of aromatic nitrogens is 5. The smallest absolute Gasteiger partial charge is 0.333 e. The number of aryl methyl sites for hydroxylation is 2. The fraction of sp³-hybridized carbons (Fsp3) is 0.333. The van der Waals surface area contributed by atoms with E-state index in [0.29, 0.717) is 5.78 Å². The lowest BCUT2D eigenvalue weighted by atomic mass is 10.1. The molecule has 4 rings (SSSR count). The molecule has 3 heterocycles. The molecular weight excluding hydrogens is 386 g/mol. The molecule has 9 heteroatoms. The molecular formula is C21H23N5O4. The van der Waals surface area contributed by atoms with Gasteiger partial charge in [0.1, 0.15) is 6.54 Å². The highest BCUT2D eigenvalue weighted by Crippen LogP contribution is 2.25. The van der Waals surface area contributed by atoms with E-state index >= 15 is 0 Å². The van der Waals surface area contributed by atoms with Gasteiger partial charge in [0.05, 0.1) is 12.6 Å². The summed E-state index contributed by atoms with van der Waals surface area (Å²) in [6.07, 6.45) is 1.82. The van der Waals surface area contributed by atoms with Crippen LogP contribution in [0.25, 0.3) is 16.9 Å². The number of benzene rings is 1. The van der Waals surface area contributed by atoms with E-state index in [9.17, 15) is 14.4 Å². The Morgan fingerprint density at radius 2 is 1.90 bits per heavy atom. The van der Waals surface area contributed by atoms with Crippen LogP contribution in [0.1, 0.15) is 31.1 Å². The normalized spacial score (nSPS) is 12.5. The third kappa shape index (κ3) is 2.94. The summed E-state index contributed by atoms with van der Waals surface area (Å²) in [5, 5.41) is 0. The predicted molar refractivity (Wildman–Crippen MR) is 112 cm³/mol. The predicted octanol–water partition coefficient (Wildman–Crippen LogP) is 1.63. The average Bonchev–Trinajstić information content (AvgIpc) is 3.24. The lowest BCUT2D eigenvalue weighted by Crippen LogP contribution is -2.41. The van der Waals surface area contributed by atoms with Crippen molar-refractivity contribution >= 4 is 22.9 Å². The third-order valence-corrected chi connectivity index (χ3v) is 5.33. The molecule has 1 atom stereocenters. The first-order valence-electron chi connectivity index (χ1n) is 9.75. The van der Waals surface area contributed by atoms with Crippen LogP contribution in [0.15, 0.2) is 46.1 Å². The molecule has 4 aromatic rings. The second kappa shape index (κ2) is 7.33. The second-order valence-electron chi connectivity index (χ2n) is 7.22. The summed E-state index contributed by atoms with van der Waals surface area (Å²) in [6, 6.07) is 9.94. The number of esters is 1. The minimum absolute atomic E-state index is 0.0284. The molecule has 0 aliphatic heterocycles. The molecule has 1 aromatic carbocycles. The third-order valence-electron chi connectivity index (χ3n) is 5.33. The molecule has 3 aromatic heterocycles. The van der Waals surface area contributed by atoms with Gasteiger partial charge in [-0.2, -0.15) is 4.98 Å². The zero-order valence-electron chi connectivity index (χ0n) is 17.3. The Hall–Kier alpha value is -3.62. The molecule has 0 saturated heterocycles. The monoisotopic (exact) mass is 409 g/mol. The standard InChI is InChI=1S/C21H23N5O4/c1-5-30-16(27)12-25-19(28)17-18(23(4)21(25)29)22-20-24(17)11-13(2)26(20)14(3)15-9-7-6-8-10-15/h6-11,14H,5,12H2,1-4H3/t14-/m0/s1. The second-order valence-corrected chi connectivity index (χ2v) is 7.22. The first-order valence-corrected chi connectivity index (χ1v) is 9.75. The number of rotatable bonds is 5. The van der Waals surface area contributed by atoms with E-state index in [0.717, 1.165) is 15.8 Å². The summed E-state index contributed by atoms with van der Waals surface area (Å²) in [5.74, 6) is -0.0805. The Balaban J connectivity index is 1.97. The van der Waals surface area contributed by atoms with E-state index in [-0.39, 0.29) is 23.8 Å². The molecule has 0 spiro atoms. The fourth-order valence-electron chi connectivity index (χ4n) is 3.86. The van der Waals surface area contributed by atoms with E-state index in [4.69, 9.17) is 4.74 Å². The van der Waals surface area contributed by atoms with Crippen molar-refractivity contribution in [3.8, 4) is 0 Å². The van der Waals surface area contributed by atoms with Gasteiger partial charge < -0.3 is 9.30 Å². The molecule has 9 nitrogen and oxygen atoms in total. The number of ether oxygens (including phenoxy) is 1. The zero-order valence-corrected chi connectivity index (χ0v) is 17.3. The molecule has 0 fully saturated rings. The average molecular weight is 409 g/mol. The van der Waals surface area contributed by atoms with Crippen LogP contribution in [-0.2, 0) is 23.1 Å². The number of hydrogen-bond donors (Lipinski definition) is 0. The maximum atomic E-state index is 13.1. The van der Waals surface area contributed by atoms with Crippen molar-refractivity contribution < 1.29 is 9.53 Å². The Morgan fingerprint density at radius 1 is 1.20 bits per heavy atom. The SMILES string of the molecule is CCOC(=O)Cn1c(=O)c2c(nc3n([C@@H](C)c4ccccc4)c(C)cn23)n(C)c1=O. The van der Waals surface area contributed by atoms with Crippen molar-refractivity contribution in [3.63, 3.8) is 0 Å². The van der Waals surface area contributed by atoms with Crippen LogP contribution < -0.4 is 11.2 Å². The Kier molecular flexibility index (Phi) is 4.81. The summed E-state index contributed by atoms with van der Waals surface area (Å²) in [7, 11) is 1.54. The van der Waals surface area contributed by atoms with Crippen molar-refractivity contribution in [1.82, 2.24) is 23.1 Å². The molecule has 0 aliphatic carbocycles. The van der Waals surface area contributed by atoms with Crippen LogP contribution >= 0.6 is 0 Å². The Bertz CT molecular complexity index is 1370. The molecule has 0 radical (unpaired) electrons. The largest absolute Gasteiger partial charge is 0.465 e. The number of carbonyl (C=O) groups is 1. The van der Waals surface area contributed by atoms with Gasteiger partial charge in [-0.15, -0.1) is 0 Å². The minimum atomic E-state index is -0.636. The molecule has 0 bridgehead atoms. The molecule has 0 N–H and O–H groups in total. The van der Waals surface area contributed by atoms with E-state index < -0.39 is 23.8 Å². The maximum absolute atomic E-state index is 13.1. The zero-order chi connectivity index (χ0) is 21.6. The minimum Gasteiger partial charge on any atom is -0.465 e. The molecule has 0 unspecified atom stereocenters. The van der Waals surface area contributed by atoms with E-state index in [1.54, 1.807) is 11.3 Å². The number of nitrogens with zero attached hydrogens (tertiary/aromatic N) is 5. The summed E-state index contributed by atoms with van der Waals surface area (Å²) in [6.45, 7) is 5.40. The highest BCUT2D eigenvalue weighted by Gasteiger charge is 2.23. The number of hydrogen-bond acceptors (Lipinski definition) is 5. The van der Waals surface area contributed by atoms with Crippen LogP contribution in [0.3, 0.4) is 0 Å². The molecule has 30 heavy (non-hydrogen) atoms. The van der Waals surface area contributed by atoms with Gasteiger partial charge in [-0.1, -0.05) is 30.3 Å². The van der Waals surface area contributed by atoms with Crippen molar-refractivity contribution in [2.24, 2.45) is 7.05 Å². The van der Waals surface area contributed by atoms with Crippen LogP contribution in [0, 0.1) is 6.92 Å². The van der Waals surface area contributed by atoms with Gasteiger partial charge in [0.25, 0.3) is 5.56 Å². The van der Waals surface area contributed by atoms with Crippen molar-refractivity contribution in [3.05, 3.63) is 68.6 Å². The van der Waals surface area contributed by atoms with Gasteiger partial charge in [0.2, 0.25) is 5.78 Å². The molecule has 0 saturated carbocycles. The summed E-state index contributed by atoms with van der Waals surface area (Å²) in [4.78, 5) is 42.4. The van der Waals surface area contributed by atoms with Crippen LogP contribution in [0.2, 0.25) is 0 Å². The first kappa shape index (κ1) is 19.7. The van der Waals surface area contributed by atoms with E-state index in [2.05, 4.69) is 11.9 Å². The quantitative estimate of drug-likeness (QED) is 0.467. The lowest BCUT2D eigenvalue weighted by Gasteiger charge is -2.16. The van der Waals surface area contributed by atoms with Crippen LogP contribution in [-0.4, -0.2) is 35.7 Å². The number of carbonyl (C=O) groups excluding carboxylic acids is 1. The Labute approximate surface area is 171 Å².